The van der Waals surface area contributed by atoms with E-state index in [0.717, 1.165) is 17.3 Å². The van der Waals surface area contributed by atoms with E-state index in [1.165, 1.54) is 26.2 Å². The summed E-state index contributed by atoms with van der Waals surface area (Å²) in [6.07, 6.45) is 3.91. The Bertz CT molecular complexity index is 427. The Balaban J connectivity index is 1.97. The Kier molecular flexibility index (Phi) is 4.46. The molecule has 0 bridgehead atoms. The van der Waals surface area contributed by atoms with Gasteiger partial charge in [0.2, 0.25) is 5.91 Å². The summed E-state index contributed by atoms with van der Waals surface area (Å²) in [4.78, 5) is 11.0. The van der Waals surface area contributed by atoms with Gasteiger partial charge in [-0.05, 0) is 42.5 Å². The lowest BCUT2D eigenvalue weighted by atomic mass is 9.78. The van der Waals surface area contributed by atoms with Crippen molar-refractivity contribution in [2.75, 3.05) is 10.6 Å². The zero-order valence-corrected chi connectivity index (χ0v) is 12.1. The number of nitrogens with one attached hydrogen (secondary N) is 2. The smallest absolute Gasteiger partial charge is 0.221 e. The highest BCUT2D eigenvalue weighted by Gasteiger charge is 2.26. The van der Waals surface area contributed by atoms with Crippen LogP contribution in [0.25, 0.3) is 0 Å². The minimum atomic E-state index is -0.0320. The highest BCUT2D eigenvalue weighted by atomic mass is 16.1. The summed E-state index contributed by atoms with van der Waals surface area (Å²) in [7, 11) is 0. The van der Waals surface area contributed by atoms with E-state index in [1.807, 2.05) is 24.3 Å². The molecule has 1 aliphatic rings. The van der Waals surface area contributed by atoms with Gasteiger partial charge in [0, 0.05) is 24.3 Å². The van der Waals surface area contributed by atoms with E-state index in [0.29, 0.717) is 12.0 Å². The number of rotatable bonds is 3. The number of carbonyl (C=O) groups excluding carboxylic acids is 1. The zero-order valence-electron chi connectivity index (χ0n) is 12.1. The molecule has 1 aromatic rings. The molecule has 1 aliphatic carbocycles. The normalized spacial score (nSPS) is 26.8. The third-order valence-electron chi connectivity index (χ3n) is 4.26. The van der Waals surface area contributed by atoms with E-state index < -0.39 is 0 Å². The monoisotopic (exact) mass is 260 g/mol. The Morgan fingerprint density at radius 1 is 1.11 bits per heavy atom. The molecule has 1 fully saturated rings. The van der Waals surface area contributed by atoms with E-state index in [4.69, 9.17) is 0 Å². The molecule has 2 N–H and O–H groups in total. The van der Waals surface area contributed by atoms with Gasteiger partial charge in [-0.1, -0.05) is 26.7 Å². The molecule has 2 rings (SSSR count). The minimum absolute atomic E-state index is 0.0320. The Morgan fingerprint density at radius 3 is 2.37 bits per heavy atom. The van der Waals surface area contributed by atoms with Crippen molar-refractivity contribution in [1.82, 2.24) is 0 Å². The molecule has 3 nitrogen and oxygen atoms in total. The van der Waals surface area contributed by atoms with Crippen LogP contribution in [0.1, 0.15) is 40.0 Å². The molecule has 3 unspecified atom stereocenters. The molecule has 3 atom stereocenters. The summed E-state index contributed by atoms with van der Waals surface area (Å²) in [6.45, 7) is 6.21. The largest absolute Gasteiger partial charge is 0.382 e. The number of hydrogen-bond donors (Lipinski definition) is 2. The first-order valence-electron chi connectivity index (χ1n) is 7.20. The van der Waals surface area contributed by atoms with Gasteiger partial charge in [0.05, 0.1) is 0 Å². The van der Waals surface area contributed by atoms with Crippen LogP contribution in [0.5, 0.6) is 0 Å². The third-order valence-corrected chi connectivity index (χ3v) is 4.26. The quantitative estimate of drug-likeness (QED) is 0.866. The highest BCUT2D eigenvalue weighted by molar-refractivity contribution is 5.88. The molecular formula is C16H24N2O. The highest BCUT2D eigenvalue weighted by Crippen LogP contribution is 2.31. The van der Waals surface area contributed by atoms with Gasteiger partial charge in [-0.3, -0.25) is 4.79 Å². The van der Waals surface area contributed by atoms with Crippen molar-refractivity contribution < 1.29 is 4.79 Å². The van der Waals surface area contributed by atoms with Gasteiger partial charge in [-0.2, -0.15) is 0 Å². The first-order chi connectivity index (χ1) is 9.06. The van der Waals surface area contributed by atoms with Crippen LogP contribution in [-0.2, 0) is 4.79 Å². The van der Waals surface area contributed by atoms with Crippen LogP contribution < -0.4 is 10.6 Å². The number of hydrogen-bond acceptors (Lipinski definition) is 2. The molecule has 0 spiro atoms. The molecule has 3 heteroatoms. The van der Waals surface area contributed by atoms with Gasteiger partial charge in [-0.15, -0.1) is 0 Å². The van der Waals surface area contributed by atoms with Gasteiger partial charge in [0.25, 0.3) is 0 Å². The first kappa shape index (κ1) is 13.9. The predicted octanol–water partition coefficient (Wildman–Crippen LogP) is 3.88. The predicted molar refractivity (Wildman–Crippen MR) is 80.3 cm³/mol. The molecule has 1 aromatic carbocycles. The van der Waals surface area contributed by atoms with Crippen LogP contribution in [-0.4, -0.2) is 11.9 Å². The maximum atomic E-state index is 11.0. The Hall–Kier alpha value is -1.51. The van der Waals surface area contributed by atoms with E-state index in [9.17, 15) is 4.79 Å². The lowest BCUT2D eigenvalue weighted by molar-refractivity contribution is -0.114. The molecule has 0 aromatic heterocycles. The molecule has 19 heavy (non-hydrogen) atoms. The third kappa shape index (κ3) is 3.72. The fraction of sp³-hybridized carbons (Fsp3) is 0.562. The standard InChI is InChI=1S/C16H24N2O/c1-11-5-4-6-16(12(11)2)18-15-9-7-14(8-10-15)17-13(3)19/h7-12,16,18H,4-6H2,1-3H3,(H,17,19). The molecule has 0 saturated heterocycles. The maximum Gasteiger partial charge on any atom is 0.221 e. The van der Waals surface area contributed by atoms with Crippen molar-refractivity contribution in [1.29, 1.82) is 0 Å². The molecule has 1 saturated carbocycles. The topological polar surface area (TPSA) is 41.1 Å². The van der Waals surface area contributed by atoms with Gasteiger partial charge in [0.1, 0.15) is 0 Å². The second-order valence-corrected chi connectivity index (χ2v) is 5.78. The van der Waals surface area contributed by atoms with Crippen LogP contribution in [0.4, 0.5) is 11.4 Å². The molecule has 1 amide bonds. The SMILES string of the molecule is CC(=O)Nc1ccc(NC2CCCC(C)C2C)cc1. The van der Waals surface area contributed by atoms with Gasteiger partial charge in [-0.25, -0.2) is 0 Å². The van der Waals surface area contributed by atoms with Crippen LogP contribution >= 0.6 is 0 Å². The van der Waals surface area contributed by atoms with Crippen molar-refractivity contribution in [3.05, 3.63) is 24.3 Å². The van der Waals surface area contributed by atoms with Crippen LogP contribution in [0.3, 0.4) is 0 Å². The Morgan fingerprint density at radius 2 is 1.74 bits per heavy atom. The number of benzene rings is 1. The lowest BCUT2D eigenvalue weighted by Gasteiger charge is -2.35. The summed E-state index contributed by atoms with van der Waals surface area (Å²) in [5.41, 5.74) is 1.99. The van der Waals surface area contributed by atoms with Crippen molar-refractivity contribution in [3.8, 4) is 0 Å². The summed E-state index contributed by atoms with van der Waals surface area (Å²) >= 11 is 0. The summed E-state index contributed by atoms with van der Waals surface area (Å²) < 4.78 is 0. The molecule has 104 valence electrons. The lowest BCUT2D eigenvalue weighted by Crippen LogP contribution is -2.34. The summed E-state index contributed by atoms with van der Waals surface area (Å²) in [6, 6.07) is 8.53. The van der Waals surface area contributed by atoms with Crippen molar-refractivity contribution in [2.45, 2.75) is 46.1 Å². The number of amides is 1. The second kappa shape index (κ2) is 6.09. The van der Waals surface area contributed by atoms with Gasteiger partial charge < -0.3 is 10.6 Å². The van der Waals surface area contributed by atoms with Gasteiger partial charge >= 0.3 is 0 Å². The Labute approximate surface area is 115 Å². The van der Waals surface area contributed by atoms with E-state index in [1.54, 1.807) is 0 Å². The average Bonchev–Trinajstić information content (AvgIpc) is 2.37. The van der Waals surface area contributed by atoms with Crippen LogP contribution in [0.2, 0.25) is 0 Å². The number of anilines is 2. The molecular weight excluding hydrogens is 236 g/mol. The fourth-order valence-corrected chi connectivity index (χ4v) is 2.85. The van der Waals surface area contributed by atoms with Crippen LogP contribution in [0.15, 0.2) is 24.3 Å². The van der Waals surface area contributed by atoms with E-state index >= 15 is 0 Å². The zero-order chi connectivity index (χ0) is 13.8. The first-order valence-corrected chi connectivity index (χ1v) is 7.20. The average molecular weight is 260 g/mol. The second-order valence-electron chi connectivity index (χ2n) is 5.78. The summed E-state index contributed by atoms with van der Waals surface area (Å²) in [5.74, 6) is 1.48. The molecule has 0 radical (unpaired) electrons. The molecule has 0 heterocycles. The van der Waals surface area contributed by atoms with E-state index in [-0.39, 0.29) is 5.91 Å². The maximum absolute atomic E-state index is 11.0. The fourth-order valence-electron chi connectivity index (χ4n) is 2.85. The van der Waals surface area contributed by atoms with E-state index in [2.05, 4.69) is 24.5 Å². The van der Waals surface area contributed by atoms with Crippen molar-refractivity contribution in [2.24, 2.45) is 11.8 Å². The summed E-state index contributed by atoms with van der Waals surface area (Å²) in [5, 5.41) is 6.41. The molecule has 0 aliphatic heterocycles. The minimum Gasteiger partial charge on any atom is -0.382 e. The van der Waals surface area contributed by atoms with Crippen molar-refractivity contribution >= 4 is 17.3 Å². The van der Waals surface area contributed by atoms with Gasteiger partial charge in [0.15, 0.2) is 0 Å². The van der Waals surface area contributed by atoms with Crippen molar-refractivity contribution in [3.63, 3.8) is 0 Å². The van der Waals surface area contributed by atoms with Crippen LogP contribution in [0, 0.1) is 11.8 Å². The number of carbonyl (C=O) groups is 1.